The summed E-state index contributed by atoms with van der Waals surface area (Å²) < 4.78 is 4.76. The summed E-state index contributed by atoms with van der Waals surface area (Å²) in [6.07, 6.45) is 4.85. The Morgan fingerprint density at radius 2 is 2.14 bits per heavy atom. The molecule has 0 unspecified atom stereocenters. The smallest absolute Gasteiger partial charge is 0.0908 e. The molecule has 39 valence electrons. The third-order valence-electron chi connectivity index (χ3n) is 0.595. The van der Waals surface area contributed by atoms with Crippen LogP contribution < -0.4 is 0 Å². The minimum Gasteiger partial charge on any atom is -0.501 e. The van der Waals surface area contributed by atoms with Gasteiger partial charge in [-0.25, -0.2) is 0 Å². The normalized spacial score (nSPS) is 13.7. The van der Waals surface area contributed by atoms with Crippen molar-refractivity contribution >= 4 is 0 Å². The first kappa shape index (κ1) is 10.6. The Hall–Kier alpha value is 0.644. The van der Waals surface area contributed by atoms with Crippen molar-refractivity contribution in [2.75, 3.05) is 6.61 Å². The molecular weight excluding hydrogens is 165 g/mol. The van der Waals surface area contributed by atoms with Gasteiger partial charge in [-0.05, 0) is 6.08 Å². The second kappa shape index (κ2) is 6.64. The second-order valence-electron chi connectivity index (χ2n) is 1.03. The average molecular weight is 174 g/mol. The van der Waals surface area contributed by atoms with Gasteiger partial charge in [0, 0.05) is 39.1 Å². The van der Waals surface area contributed by atoms with Gasteiger partial charge in [0.1, 0.15) is 0 Å². The van der Waals surface area contributed by atoms with Crippen LogP contribution in [0.5, 0.6) is 0 Å². The van der Waals surface area contributed by atoms with Crippen LogP contribution in [0.15, 0.2) is 12.3 Å². The molecule has 0 bridgehead atoms. The molecule has 0 atom stereocenters. The zero-order valence-corrected chi connectivity index (χ0v) is 7.39. The van der Waals surface area contributed by atoms with E-state index in [1.54, 1.807) is 6.26 Å². The van der Waals surface area contributed by atoms with E-state index in [0.717, 1.165) is 13.0 Å². The van der Waals surface area contributed by atoms with E-state index in [1.165, 1.54) is 0 Å². The molecular formula is C5H9OY-. The minimum atomic E-state index is 0. The van der Waals surface area contributed by atoms with Gasteiger partial charge >= 0.3 is 0 Å². The fourth-order valence-corrected chi connectivity index (χ4v) is 0.340. The van der Waals surface area contributed by atoms with Crippen molar-refractivity contribution < 1.29 is 37.4 Å². The monoisotopic (exact) mass is 174 g/mol. The summed E-state index contributed by atoms with van der Waals surface area (Å²) >= 11 is 0. The summed E-state index contributed by atoms with van der Waals surface area (Å²) in [5.41, 5.74) is 0. The van der Waals surface area contributed by atoms with Crippen molar-refractivity contribution in [3.63, 3.8) is 0 Å². The molecule has 0 aliphatic carbocycles. The molecule has 1 aliphatic heterocycles. The summed E-state index contributed by atoms with van der Waals surface area (Å²) in [7, 11) is 0. The SMILES string of the molecule is C1=COCC1.[CH3-].[Y]. The van der Waals surface area contributed by atoms with Crippen molar-refractivity contribution in [3.05, 3.63) is 19.8 Å². The summed E-state index contributed by atoms with van der Waals surface area (Å²) in [5, 5.41) is 0. The van der Waals surface area contributed by atoms with Crippen LogP contribution in [0.2, 0.25) is 0 Å². The Balaban J connectivity index is 0. The maximum Gasteiger partial charge on any atom is 0.0908 e. The number of rotatable bonds is 0. The van der Waals surface area contributed by atoms with Gasteiger partial charge in [0.05, 0.1) is 12.9 Å². The molecule has 7 heavy (non-hydrogen) atoms. The Bertz CT molecular complexity index is 46.0. The van der Waals surface area contributed by atoms with E-state index in [4.69, 9.17) is 4.74 Å². The number of ether oxygens (including phenoxy) is 1. The predicted octanol–water partition coefficient (Wildman–Crippen LogP) is 1.37. The molecule has 1 aliphatic rings. The zero-order valence-electron chi connectivity index (χ0n) is 4.55. The van der Waals surface area contributed by atoms with Crippen LogP contribution in [0.1, 0.15) is 6.42 Å². The van der Waals surface area contributed by atoms with Crippen molar-refractivity contribution in [1.82, 2.24) is 0 Å². The summed E-state index contributed by atoms with van der Waals surface area (Å²) in [6.45, 7) is 0.889. The maximum absolute atomic E-state index is 4.76. The van der Waals surface area contributed by atoms with Crippen molar-refractivity contribution in [3.8, 4) is 0 Å². The number of hydrogen-bond acceptors (Lipinski definition) is 1. The van der Waals surface area contributed by atoms with Crippen LogP contribution in [-0.2, 0) is 37.4 Å². The molecule has 0 fully saturated rings. The fourth-order valence-electron chi connectivity index (χ4n) is 0.340. The van der Waals surface area contributed by atoms with Gasteiger partial charge in [0.2, 0.25) is 0 Å². The summed E-state index contributed by atoms with van der Waals surface area (Å²) in [4.78, 5) is 0. The van der Waals surface area contributed by atoms with E-state index in [1.807, 2.05) is 6.08 Å². The molecule has 0 aromatic rings. The standard InChI is InChI=1S/C4H6O.CH3.Y/c1-2-4-5-3-1;;/h1,3H,2,4H2;1H3;/q;-1;. The molecule has 1 heterocycles. The number of hydrogen-bond donors (Lipinski definition) is 0. The predicted molar refractivity (Wildman–Crippen MR) is 26.1 cm³/mol. The topological polar surface area (TPSA) is 9.23 Å². The average Bonchev–Trinajstić information content (AvgIpc) is 1.76. The van der Waals surface area contributed by atoms with Gasteiger partial charge in [-0.2, -0.15) is 0 Å². The van der Waals surface area contributed by atoms with Crippen molar-refractivity contribution in [1.29, 1.82) is 0 Å². The van der Waals surface area contributed by atoms with Gasteiger partial charge in [-0.1, -0.05) is 0 Å². The van der Waals surface area contributed by atoms with Gasteiger partial charge in [0.15, 0.2) is 0 Å². The molecule has 0 aromatic carbocycles. The van der Waals surface area contributed by atoms with Crippen LogP contribution >= 0.6 is 0 Å². The van der Waals surface area contributed by atoms with E-state index in [9.17, 15) is 0 Å². The molecule has 1 nitrogen and oxygen atoms in total. The molecule has 1 radical (unpaired) electrons. The molecule has 0 saturated heterocycles. The second-order valence-corrected chi connectivity index (χ2v) is 1.03. The molecule has 0 N–H and O–H groups in total. The first-order chi connectivity index (χ1) is 2.50. The van der Waals surface area contributed by atoms with Crippen LogP contribution in [0.4, 0.5) is 0 Å². The van der Waals surface area contributed by atoms with Crippen LogP contribution in [-0.4, -0.2) is 6.61 Å². The van der Waals surface area contributed by atoms with E-state index in [-0.39, 0.29) is 40.1 Å². The maximum atomic E-state index is 4.76. The van der Waals surface area contributed by atoms with Crippen molar-refractivity contribution in [2.24, 2.45) is 0 Å². The zero-order chi connectivity index (χ0) is 3.54. The minimum absolute atomic E-state index is 0. The molecule has 0 amide bonds. The van der Waals surface area contributed by atoms with Gasteiger partial charge in [0.25, 0.3) is 0 Å². The van der Waals surface area contributed by atoms with Crippen LogP contribution in [0.3, 0.4) is 0 Å². The van der Waals surface area contributed by atoms with Gasteiger partial charge in [-0.15, -0.1) is 0 Å². The van der Waals surface area contributed by atoms with Crippen LogP contribution in [0.25, 0.3) is 0 Å². The van der Waals surface area contributed by atoms with E-state index in [2.05, 4.69) is 0 Å². The van der Waals surface area contributed by atoms with Crippen molar-refractivity contribution in [2.45, 2.75) is 6.42 Å². The molecule has 0 saturated carbocycles. The quantitative estimate of drug-likeness (QED) is 0.504. The van der Waals surface area contributed by atoms with E-state index >= 15 is 0 Å². The summed E-state index contributed by atoms with van der Waals surface area (Å²) in [5.74, 6) is 0. The van der Waals surface area contributed by atoms with E-state index < -0.39 is 0 Å². The largest absolute Gasteiger partial charge is 0.501 e. The third kappa shape index (κ3) is 4.50. The Labute approximate surface area is 70.0 Å². The third-order valence-corrected chi connectivity index (χ3v) is 0.595. The fraction of sp³-hybridized carbons (Fsp3) is 0.400. The molecule has 0 spiro atoms. The van der Waals surface area contributed by atoms with Crippen LogP contribution in [0, 0.1) is 7.43 Å². The Morgan fingerprint density at radius 3 is 2.29 bits per heavy atom. The Morgan fingerprint density at radius 1 is 1.43 bits per heavy atom. The molecule has 2 heteroatoms. The first-order valence-corrected chi connectivity index (χ1v) is 1.77. The Kier molecular flexibility index (Phi) is 10.1. The first-order valence-electron chi connectivity index (χ1n) is 1.77. The molecule has 1 rings (SSSR count). The van der Waals surface area contributed by atoms with Gasteiger partial charge < -0.3 is 12.2 Å². The van der Waals surface area contributed by atoms with Gasteiger partial charge in [-0.3, -0.25) is 0 Å². The van der Waals surface area contributed by atoms with E-state index in [0.29, 0.717) is 0 Å². The molecule has 0 aromatic heterocycles. The summed E-state index contributed by atoms with van der Waals surface area (Å²) in [6, 6.07) is 0.